The maximum Gasteiger partial charge on any atom is 0.322 e. The standard InChI is InChI=1S/C12H19N3O8S/c1-2-24(22,23)6-8(11(19)14-5-10(17)18)15-9(16)4-3-7(13)12(20)21/h2,7-8H,1,3-6,13H2,(H,14,19)(H,15,16)(H,17,18)(H,20,21). The molecular formula is C12H19N3O8S. The molecule has 0 aromatic rings. The fraction of sp³-hybridized carbons (Fsp3) is 0.500. The summed E-state index contributed by atoms with van der Waals surface area (Å²) in [5, 5.41) is 21.7. The summed E-state index contributed by atoms with van der Waals surface area (Å²) in [7, 11) is -3.87. The second kappa shape index (κ2) is 9.62. The Labute approximate surface area is 137 Å². The molecule has 0 saturated carbocycles. The van der Waals surface area contributed by atoms with Gasteiger partial charge in [-0.2, -0.15) is 0 Å². The zero-order valence-electron chi connectivity index (χ0n) is 12.6. The van der Waals surface area contributed by atoms with Gasteiger partial charge in [-0.05, 0) is 6.42 Å². The number of sulfone groups is 1. The first-order valence-electron chi connectivity index (χ1n) is 6.61. The van der Waals surface area contributed by atoms with Gasteiger partial charge in [0.05, 0.1) is 5.75 Å². The summed E-state index contributed by atoms with van der Waals surface area (Å²) in [5.41, 5.74) is 5.23. The van der Waals surface area contributed by atoms with Crippen molar-refractivity contribution in [2.24, 2.45) is 5.73 Å². The Bertz CT molecular complexity index is 616. The highest BCUT2D eigenvalue weighted by atomic mass is 32.2. The van der Waals surface area contributed by atoms with Crippen LogP contribution in [-0.2, 0) is 29.0 Å². The van der Waals surface area contributed by atoms with Crippen molar-refractivity contribution in [1.82, 2.24) is 10.6 Å². The molecule has 0 aliphatic rings. The normalized spacial score (nSPS) is 13.4. The molecule has 0 fully saturated rings. The fourth-order valence-corrected chi connectivity index (χ4v) is 2.28. The highest BCUT2D eigenvalue weighted by molar-refractivity contribution is 7.94. The second-order valence-electron chi connectivity index (χ2n) is 4.71. The van der Waals surface area contributed by atoms with Crippen LogP contribution in [0.15, 0.2) is 12.0 Å². The van der Waals surface area contributed by atoms with E-state index in [9.17, 15) is 27.6 Å². The summed E-state index contributed by atoms with van der Waals surface area (Å²) >= 11 is 0. The molecule has 6 N–H and O–H groups in total. The molecule has 12 heteroatoms. The van der Waals surface area contributed by atoms with E-state index in [1.54, 1.807) is 0 Å². The van der Waals surface area contributed by atoms with Gasteiger partial charge in [-0.15, -0.1) is 0 Å². The van der Waals surface area contributed by atoms with Gasteiger partial charge in [0.1, 0.15) is 18.6 Å². The van der Waals surface area contributed by atoms with E-state index in [1.165, 1.54) is 0 Å². The van der Waals surface area contributed by atoms with Crippen LogP contribution >= 0.6 is 0 Å². The molecule has 2 amide bonds. The topological polar surface area (TPSA) is 193 Å². The van der Waals surface area contributed by atoms with E-state index in [4.69, 9.17) is 15.9 Å². The zero-order valence-corrected chi connectivity index (χ0v) is 13.4. The molecule has 136 valence electrons. The first-order chi connectivity index (χ1) is 11.0. The molecule has 2 unspecified atom stereocenters. The van der Waals surface area contributed by atoms with Gasteiger partial charge in [0.2, 0.25) is 11.8 Å². The first-order valence-corrected chi connectivity index (χ1v) is 8.32. The number of nitrogens with one attached hydrogen (secondary N) is 2. The van der Waals surface area contributed by atoms with Crippen LogP contribution in [0.5, 0.6) is 0 Å². The summed E-state index contributed by atoms with van der Waals surface area (Å²) in [5.74, 6) is -5.31. The van der Waals surface area contributed by atoms with Gasteiger partial charge in [0.25, 0.3) is 0 Å². The van der Waals surface area contributed by atoms with Crippen LogP contribution < -0.4 is 16.4 Å². The minimum absolute atomic E-state index is 0.223. The smallest absolute Gasteiger partial charge is 0.322 e. The third kappa shape index (κ3) is 8.85. The number of aliphatic carboxylic acids is 2. The number of amides is 2. The van der Waals surface area contributed by atoms with Crippen LogP contribution in [-0.4, -0.2) is 66.8 Å². The van der Waals surface area contributed by atoms with Crippen LogP contribution in [0.2, 0.25) is 0 Å². The van der Waals surface area contributed by atoms with Crippen LogP contribution in [0.3, 0.4) is 0 Å². The number of hydrogen-bond acceptors (Lipinski definition) is 7. The molecule has 24 heavy (non-hydrogen) atoms. The van der Waals surface area contributed by atoms with Crippen LogP contribution in [0.4, 0.5) is 0 Å². The number of carboxylic acid groups (broad SMARTS) is 2. The lowest BCUT2D eigenvalue weighted by Gasteiger charge is -2.17. The van der Waals surface area contributed by atoms with Gasteiger partial charge in [0, 0.05) is 11.8 Å². The Hall–Kier alpha value is -2.47. The molecule has 11 nitrogen and oxygen atoms in total. The van der Waals surface area contributed by atoms with Crippen molar-refractivity contribution in [3.63, 3.8) is 0 Å². The number of carboxylic acids is 2. The molecule has 0 spiro atoms. The lowest BCUT2D eigenvalue weighted by atomic mass is 10.1. The van der Waals surface area contributed by atoms with Gasteiger partial charge in [-0.25, -0.2) is 8.42 Å². The number of carbonyl (C=O) groups is 4. The monoisotopic (exact) mass is 365 g/mol. The van der Waals surface area contributed by atoms with Gasteiger partial charge in [-0.1, -0.05) is 6.58 Å². The Kier molecular flexibility index (Phi) is 8.63. The van der Waals surface area contributed by atoms with E-state index in [0.717, 1.165) is 0 Å². The number of carbonyl (C=O) groups excluding carboxylic acids is 2. The van der Waals surface area contributed by atoms with Crippen molar-refractivity contribution in [2.45, 2.75) is 24.9 Å². The molecule has 2 atom stereocenters. The van der Waals surface area contributed by atoms with E-state index < -0.39 is 58.0 Å². The maximum atomic E-state index is 11.8. The minimum Gasteiger partial charge on any atom is -0.480 e. The quantitative estimate of drug-likeness (QED) is 0.261. The molecular weight excluding hydrogens is 346 g/mol. The van der Waals surface area contributed by atoms with Crippen molar-refractivity contribution in [2.75, 3.05) is 12.3 Å². The van der Waals surface area contributed by atoms with Crippen LogP contribution in [0.1, 0.15) is 12.8 Å². The first kappa shape index (κ1) is 21.5. The highest BCUT2D eigenvalue weighted by Gasteiger charge is 2.26. The highest BCUT2D eigenvalue weighted by Crippen LogP contribution is 2.00. The number of nitrogens with two attached hydrogens (primary N) is 1. The summed E-state index contributed by atoms with van der Waals surface area (Å²) in [6, 6.07) is -2.84. The minimum atomic E-state index is -3.87. The number of hydrogen-bond donors (Lipinski definition) is 5. The summed E-state index contributed by atoms with van der Waals surface area (Å²) in [4.78, 5) is 44.5. The average molecular weight is 365 g/mol. The van der Waals surface area contributed by atoms with E-state index >= 15 is 0 Å². The maximum absolute atomic E-state index is 11.8. The van der Waals surface area contributed by atoms with Gasteiger partial charge in [0.15, 0.2) is 9.84 Å². The van der Waals surface area contributed by atoms with Crippen LogP contribution in [0.25, 0.3) is 0 Å². The lowest BCUT2D eigenvalue weighted by molar-refractivity contribution is -0.139. The lowest BCUT2D eigenvalue weighted by Crippen LogP contribution is -2.51. The molecule has 0 heterocycles. The van der Waals surface area contributed by atoms with E-state index in [2.05, 4.69) is 11.9 Å². The molecule has 0 aliphatic heterocycles. The molecule has 0 aromatic heterocycles. The molecule has 0 radical (unpaired) electrons. The Balaban J connectivity index is 4.89. The van der Waals surface area contributed by atoms with Crippen molar-refractivity contribution >= 4 is 33.6 Å². The Morgan fingerprint density at radius 3 is 2.25 bits per heavy atom. The molecule has 0 aromatic carbocycles. The summed E-state index contributed by atoms with van der Waals surface area (Å²) in [6.45, 7) is 2.31. The van der Waals surface area contributed by atoms with Crippen molar-refractivity contribution in [1.29, 1.82) is 0 Å². The largest absolute Gasteiger partial charge is 0.480 e. The molecule has 0 saturated heterocycles. The average Bonchev–Trinajstić information content (AvgIpc) is 2.49. The summed E-state index contributed by atoms with van der Waals surface area (Å²) in [6.07, 6.45) is -0.580. The SMILES string of the molecule is C=CS(=O)(=O)CC(NC(=O)CCC(N)C(=O)O)C(=O)NCC(=O)O. The third-order valence-corrected chi connectivity index (χ3v) is 4.02. The molecule has 0 aliphatic carbocycles. The predicted molar refractivity (Wildman–Crippen MR) is 81.4 cm³/mol. The second-order valence-corrected chi connectivity index (χ2v) is 6.70. The third-order valence-electron chi connectivity index (χ3n) is 2.72. The number of rotatable bonds is 11. The van der Waals surface area contributed by atoms with Gasteiger partial charge < -0.3 is 26.6 Å². The van der Waals surface area contributed by atoms with E-state index in [0.29, 0.717) is 5.41 Å². The van der Waals surface area contributed by atoms with E-state index in [-0.39, 0.29) is 12.8 Å². The predicted octanol–water partition coefficient (Wildman–Crippen LogP) is -2.58. The van der Waals surface area contributed by atoms with Crippen molar-refractivity contribution in [3.05, 3.63) is 12.0 Å². The molecule has 0 rings (SSSR count). The Morgan fingerprint density at radius 1 is 1.21 bits per heavy atom. The van der Waals surface area contributed by atoms with Crippen molar-refractivity contribution in [3.8, 4) is 0 Å². The van der Waals surface area contributed by atoms with Crippen molar-refractivity contribution < 1.29 is 37.8 Å². The molecule has 0 bridgehead atoms. The zero-order chi connectivity index (χ0) is 18.9. The van der Waals surface area contributed by atoms with E-state index in [1.807, 2.05) is 5.32 Å². The summed E-state index contributed by atoms with van der Waals surface area (Å²) < 4.78 is 23.1. The Morgan fingerprint density at radius 2 is 1.79 bits per heavy atom. The van der Waals surface area contributed by atoms with Crippen LogP contribution in [0, 0.1) is 0 Å². The fourth-order valence-electron chi connectivity index (χ4n) is 1.45. The van der Waals surface area contributed by atoms with Gasteiger partial charge >= 0.3 is 11.9 Å². The van der Waals surface area contributed by atoms with Gasteiger partial charge in [-0.3, -0.25) is 19.2 Å².